The summed E-state index contributed by atoms with van der Waals surface area (Å²) in [4.78, 5) is 96.3. The van der Waals surface area contributed by atoms with Gasteiger partial charge in [0.25, 0.3) is 23.6 Å². The number of rotatable bonds is 30. The first-order chi connectivity index (χ1) is 66.8. The summed E-state index contributed by atoms with van der Waals surface area (Å²) in [5, 5.41) is 42.4. The van der Waals surface area contributed by atoms with Crippen LogP contribution in [0.4, 0.5) is 33.7 Å². The predicted molar refractivity (Wildman–Crippen MR) is 512 cm³/mol. The molecule has 0 spiro atoms. The number of amides is 3. The first-order valence-electron chi connectivity index (χ1n) is 44.9. The molecule has 3 aliphatic rings. The van der Waals surface area contributed by atoms with E-state index in [1.807, 2.05) is 72.8 Å². The minimum Gasteiger partial charge on any atom is -0.384 e. The normalized spacial score (nSPS) is 14.5. The van der Waals surface area contributed by atoms with E-state index in [2.05, 4.69) is 164 Å². The number of hydrogen-bond donors (Lipinski definition) is 5. The van der Waals surface area contributed by atoms with Crippen LogP contribution in [0.2, 0.25) is 0 Å². The van der Waals surface area contributed by atoms with E-state index in [0.29, 0.717) is 123 Å². The van der Waals surface area contributed by atoms with Gasteiger partial charge in [0.15, 0.2) is 34.8 Å². The molecule has 0 aliphatic heterocycles. The first kappa shape index (κ1) is 95.5. The number of hydrogen-bond acceptors (Lipinski definition) is 34. The van der Waals surface area contributed by atoms with Gasteiger partial charge in [-0.2, -0.15) is 49.9 Å². The molecule has 3 saturated carbocycles. The Morgan fingerprint density at radius 1 is 0.446 bits per heavy atom. The Morgan fingerprint density at radius 3 is 1.26 bits per heavy atom. The van der Waals surface area contributed by atoms with Gasteiger partial charge in [-0.25, -0.2) is 39.9 Å². The summed E-state index contributed by atoms with van der Waals surface area (Å²) in [6, 6.07) is 37.9. The molecule has 0 radical (unpaired) electrons. The molecule has 0 bridgehead atoms. The van der Waals surface area contributed by atoms with Crippen molar-refractivity contribution in [2.24, 2.45) is 23.7 Å². The number of nitriles is 1. The molecule has 16 aromatic rings. The Morgan fingerprint density at radius 2 is 0.849 bits per heavy atom. The fourth-order valence-electron chi connectivity index (χ4n) is 16.1. The van der Waals surface area contributed by atoms with Gasteiger partial charge in [0.1, 0.15) is 43.0 Å². The lowest BCUT2D eigenvalue weighted by atomic mass is 9.72. The highest BCUT2D eigenvalue weighted by Crippen LogP contribution is 2.54. The van der Waals surface area contributed by atoms with Gasteiger partial charge >= 0.3 is 0 Å². The zero-order valence-corrected chi connectivity index (χ0v) is 79.0. The summed E-state index contributed by atoms with van der Waals surface area (Å²) >= 11 is 0. The number of nitrogen functional groups attached to an aromatic ring is 4. The Balaban J connectivity index is 0.000000134. The fraction of sp³-hybridized carbons (Fsp3) is 0.327. The molecule has 40 nitrogen and oxygen atoms in total. The number of aromatic nitrogens is 23. The zero-order valence-electron chi connectivity index (χ0n) is 79.0. The number of halogens is 1. The summed E-state index contributed by atoms with van der Waals surface area (Å²) in [5.41, 5.74) is 33.9. The number of nitrogens with one attached hydrogen (secondary N) is 1. The van der Waals surface area contributed by atoms with Crippen molar-refractivity contribution < 1.29 is 41.6 Å². The van der Waals surface area contributed by atoms with Crippen molar-refractivity contribution in [2.45, 2.75) is 121 Å². The van der Waals surface area contributed by atoms with Crippen molar-refractivity contribution in [3.63, 3.8) is 0 Å². The Bertz CT molecular complexity index is 7020. The number of benzene rings is 4. The molecule has 41 heteroatoms. The van der Waals surface area contributed by atoms with E-state index in [9.17, 15) is 24.0 Å². The van der Waals surface area contributed by atoms with Crippen LogP contribution in [0.5, 0.6) is 0 Å². The molecule has 0 saturated heterocycles. The molecule has 12 aromatic heterocycles. The highest BCUT2D eigenvalue weighted by molar-refractivity contribution is 5.77. The van der Waals surface area contributed by atoms with Crippen LogP contribution in [0.3, 0.4) is 0 Å². The highest BCUT2D eigenvalue weighted by atomic mass is 19.1. The lowest BCUT2D eigenvalue weighted by Crippen LogP contribution is -2.31. The van der Waals surface area contributed by atoms with Crippen molar-refractivity contribution in [1.29, 1.82) is 5.26 Å². The topological polar surface area (TPSA) is 535 Å². The van der Waals surface area contributed by atoms with E-state index in [1.54, 1.807) is 144 Å². The minimum absolute atomic E-state index is 0.0413. The van der Waals surface area contributed by atoms with Crippen LogP contribution in [0.25, 0.3) is 90.6 Å². The van der Waals surface area contributed by atoms with Crippen molar-refractivity contribution in [2.75, 3.05) is 90.8 Å². The lowest BCUT2D eigenvalue weighted by molar-refractivity contribution is -0.130. The number of nitrogens with two attached hydrogens (primary N) is 4. The molecular formula is C98H105FN32O8. The quantitative estimate of drug-likeness (QED) is 0.0206. The van der Waals surface area contributed by atoms with Crippen LogP contribution in [0.15, 0.2) is 208 Å². The maximum atomic E-state index is 14.3. The number of carbonyl (C=O) groups is 3. The van der Waals surface area contributed by atoms with Crippen LogP contribution in [0, 0.1) is 41.0 Å². The average molecular weight is 1880 g/mol. The average Bonchev–Trinajstić information content (AvgIpc) is 1.61. The van der Waals surface area contributed by atoms with Gasteiger partial charge in [-0.3, -0.25) is 28.4 Å². The molecule has 19 rings (SSSR count). The van der Waals surface area contributed by atoms with E-state index in [4.69, 9.17) is 65.7 Å². The zero-order chi connectivity index (χ0) is 98.2. The highest BCUT2D eigenvalue weighted by Gasteiger charge is 2.51. The monoisotopic (exact) mass is 1880 g/mol. The molecular weight excluding hydrogens is 1770 g/mol. The van der Waals surface area contributed by atoms with E-state index in [-0.39, 0.29) is 77.7 Å². The van der Waals surface area contributed by atoms with Crippen LogP contribution >= 0.6 is 0 Å². The molecule has 4 aromatic carbocycles. The van der Waals surface area contributed by atoms with Gasteiger partial charge in [0.2, 0.25) is 35.6 Å². The Labute approximate surface area is 798 Å². The summed E-state index contributed by atoms with van der Waals surface area (Å²) < 4.78 is 46.4. The molecule has 0 unspecified atom stereocenters. The van der Waals surface area contributed by atoms with Gasteiger partial charge < -0.3 is 65.8 Å². The molecule has 3 aliphatic carbocycles. The number of anilines is 5. The standard InChI is InChI=1S/C25H25N9O2.C25H27N7O2.C24H25FN8O2.C24H28N8O2/c1-25(18-8-9-18,17-6-4-15(5-7-17)20-12-28-22(27)19(10-26)30-20)24-31-23(36-32-24)16-11-29-34(13-16)14-21(35)33(2)3;1-25(20-9-10-20,19-7-4-16(5-8-19)17-6-11-21(26)27-12-17)24-29-23(34-30-24)18-13-28-32(14-18)15-22(33)31(2)3;1-24(17-8-9-17,16-6-4-14(5-7-16)18-11-27-23(26)29-20(18)25)22-30-21(35-31-22)15-10-28-33(12-15)13-19(34)32(2)3;1-15(2)24(3,18-7-5-16(6-8-18)17-11-29-23(25)30-12-17)22-31-21(34-32-22)19-13-28-20(14-27-19)26-9-10-33-4/h4-7,11-13,18H,8-9,14H2,1-3H3,(H2,27,28);4-8,11-14,20H,9-10,15H2,1-3H3,(H2,26,27);4-7,10-12,17H,8-9,13H2,1-3H3,(H2,26,27,29);5-8,11-15H,9-10H2,1-4H3,(H,26,28)(H2,25,29,30)/t2*25-;2*24-/m0000/s1. The SMILES string of the molecule is CN(C)C(=O)Cn1cc(-c2nc([C@@](C)(c3ccc(-c4ccc(N)nc4)cc3)C3CC3)no2)cn1.CN(C)C(=O)Cn1cc(-c2nc([C@@](C)(c3ccc(-c4cnc(N)c(C#N)n4)cc3)C3CC3)no2)cn1.CN(C)C(=O)Cn1cc(-c2nc([C@@](C)(c3ccc(-c4cnc(N)nc4F)cc3)C3CC3)no2)cn1.COCCNc1cnc(-c2nc([C@](C)(c3ccc(-c4cnc(N)nc4)cc3)C(C)C)no2)cn1. The fourth-order valence-corrected chi connectivity index (χ4v) is 16.1. The number of ether oxygens (including phenoxy) is 1. The molecule has 9 N–H and O–H groups in total. The summed E-state index contributed by atoms with van der Waals surface area (Å²) in [5.74, 6) is 5.81. The molecule has 139 heavy (non-hydrogen) atoms. The van der Waals surface area contributed by atoms with Crippen molar-refractivity contribution >= 4 is 47.1 Å². The van der Waals surface area contributed by atoms with Crippen molar-refractivity contribution in [3.05, 3.63) is 247 Å². The molecule has 712 valence electrons. The van der Waals surface area contributed by atoms with E-state index in [0.717, 1.165) is 88.6 Å². The third-order valence-electron chi connectivity index (χ3n) is 25.7. The second kappa shape index (κ2) is 40.5. The first-order valence-corrected chi connectivity index (χ1v) is 44.9. The van der Waals surface area contributed by atoms with Gasteiger partial charge in [-0.1, -0.05) is 132 Å². The second-order valence-corrected chi connectivity index (χ2v) is 36.0. The summed E-state index contributed by atoms with van der Waals surface area (Å²) in [6.07, 6.45) is 27.9. The molecule has 3 amide bonds. The van der Waals surface area contributed by atoms with Crippen molar-refractivity contribution in [1.82, 2.24) is 129 Å². The van der Waals surface area contributed by atoms with Crippen LogP contribution in [-0.2, 0) is 60.4 Å². The lowest BCUT2D eigenvalue weighted by Gasteiger charge is -2.31. The third kappa shape index (κ3) is 21.1. The van der Waals surface area contributed by atoms with Gasteiger partial charge in [-0.05, 0) is 141 Å². The predicted octanol–water partition coefficient (Wildman–Crippen LogP) is 12.5. The summed E-state index contributed by atoms with van der Waals surface area (Å²) in [6.45, 7) is 14.4. The third-order valence-corrected chi connectivity index (χ3v) is 25.7. The number of methoxy groups -OCH3 is 1. The number of carbonyl (C=O) groups excluding carboxylic acids is 3. The Hall–Kier alpha value is -16.7. The summed E-state index contributed by atoms with van der Waals surface area (Å²) in [7, 11) is 11.9. The maximum Gasteiger partial charge on any atom is 0.278 e. The Kier molecular flexibility index (Phi) is 27.8. The smallest absolute Gasteiger partial charge is 0.278 e. The van der Waals surface area contributed by atoms with Gasteiger partial charge in [0, 0.05) is 116 Å². The molecule has 12 heterocycles. The molecule has 4 atom stereocenters. The largest absolute Gasteiger partial charge is 0.384 e. The maximum absolute atomic E-state index is 14.3. The van der Waals surface area contributed by atoms with Crippen LogP contribution in [0.1, 0.15) is 131 Å². The minimum atomic E-state index is -0.661. The van der Waals surface area contributed by atoms with E-state index in [1.165, 1.54) is 20.9 Å². The number of pyridine rings is 1. The van der Waals surface area contributed by atoms with E-state index < -0.39 is 22.2 Å². The van der Waals surface area contributed by atoms with Crippen LogP contribution in [-0.4, -0.2) is 210 Å². The van der Waals surface area contributed by atoms with Gasteiger partial charge in [-0.15, -0.1) is 0 Å². The molecule has 3 fully saturated rings. The van der Waals surface area contributed by atoms with E-state index >= 15 is 0 Å². The van der Waals surface area contributed by atoms with Crippen LogP contribution < -0.4 is 28.3 Å². The number of likely N-dealkylation sites (N-methyl/N-ethyl adjacent to an activating group) is 3. The van der Waals surface area contributed by atoms with Crippen molar-refractivity contribution in [3.8, 4) is 96.7 Å². The second-order valence-electron chi connectivity index (χ2n) is 36.0. The van der Waals surface area contributed by atoms with Gasteiger partial charge in [0.05, 0.1) is 93.4 Å². The number of nitrogens with zero attached hydrogens (tertiary/aromatic N) is 27.